The Bertz CT molecular complexity index is 786. The van der Waals surface area contributed by atoms with E-state index < -0.39 is 0 Å². The average Bonchev–Trinajstić information content (AvgIpc) is 2.78. The second kappa shape index (κ2) is 10.9. The second-order valence-corrected chi connectivity index (χ2v) is 9.95. The van der Waals surface area contributed by atoms with Gasteiger partial charge >= 0.3 is 6.03 Å². The molecule has 4 rings (SSSR count). The zero-order valence-corrected chi connectivity index (χ0v) is 19.9. The van der Waals surface area contributed by atoms with Crippen LogP contribution in [0.3, 0.4) is 0 Å². The molecule has 1 atom stereocenters. The molecule has 3 aliphatic rings. The van der Waals surface area contributed by atoms with Crippen molar-refractivity contribution in [3.8, 4) is 5.75 Å². The first kappa shape index (κ1) is 23.4. The fourth-order valence-electron chi connectivity index (χ4n) is 5.50. The molecule has 2 heterocycles. The first-order valence-corrected chi connectivity index (χ1v) is 12.7. The van der Waals surface area contributed by atoms with E-state index in [4.69, 9.17) is 16.3 Å². The minimum absolute atomic E-state index is 0.00404. The third-order valence-electron chi connectivity index (χ3n) is 7.20. The summed E-state index contributed by atoms with van der Waals surface area (Å²) in [5, 5.41) is 3.92. The molecule has 6 nitrogen and oxygen atoms in total. The lowest BCUT2D eigenvalue weighted by atomic mass is 9.89. The van der Waals surface area contributed by atoms with Crippen molar-refractivity contribution >= 4 is 23.5 Å². The van der Waals surface area contributed by atoms with Crippen LogP contribution in [-0.2, 0) is 11.2 Å². The zero-order chi connectivity index (χ0) is 22.5. The topological polar surface area (TPSA) is 61.9 Å². The maximum absolute atomic E-state index is 12.7. The number of carbonyl (C=O) groups is 2. The van der Waals surface area contributed by atoms with Gasteiger partial charge in [-0.3, -0.25) is 9.69 Å². The number of amides is 3. The number of benzene rings is 1. The van der Waals surface area contributed by atoms with E-state index >= 15 is 0 Å². The first-order chi connectivity index (χ1) is 15.5. The summed E-state index contributed by atoms with van der Waals surface area (Å²) < 4.78 is 5.62. The molecule has 1 saturated carbocycles. The molecule has 1 N–H and O–H groups in total. The lowest BCUT2D eigenvalue weighted by Crippen LogP contribution is -2.60. The summed E-state index contributed by atoms with van der Waals surface area (Å²) in [5.74, 6) is 1.47. The maximum Gasteiger partial charge on any atom is 0.324 e. The van der Waals surface area contributed by atoms with Gasteiger partial charge in [0.05, 0.1) is 12.6 Å². The molecule has 3 amide bonds. The molecule has 1 aromatic carbocycles. The van der Waals surface area contributed by atoms with Crippen molar-refractivity contribution in [2.45, 2.75) is 76.8 Å². The second-order valence-electron chi connectivity index (χ2n) is 9.54. The van der Waals surface area contributed by atoms with Crippen LogP contribution in [0.15, 0.2) is 18.2 Å². The average molecular weight is 462 g/mol. The number of ether oxygens (including phenoxy) is 1. The van der Waals surface area contributed by atoms with Gasteiger partial charge < -0.3 is 15.0 Å². The van der Waals surface area contributed by atoms with Crippen molar-refractivity contribution in [2.24, 2.45) is 5.92 Å². The van der Waals surface area contributed by atoms with Crippen LogP contribution in [0.5, 0.6) is 5.75 Å². The Hall–Kier alpha value is -1.79. The van der Waals surface area contributed by atoms with Crippen molar-refractivity contribution in [1.29, 1.82) is 0 Å². The van der Waals surface area contributed by atoms with Crippen LogP contribution < -0.4 is 10.1 Å². The van der Waals surface area contributed by atoms with Gasteiger partial charge in [-0.1, -0.05) is 30.9 Å². The van der Waals surface area contributed by atoms with Gasteiger partial charge in [0.25, 0.3) is 0 Å². The monoisotopic (exact) mass is 461 g/mol. The standard InChI is InChI=1S/C25H36ClN3O3/c1-2-32-22-8-9-23(26)19(15-22)14-18-10-12-28(13-11-18)17-20-16-24(30)29(25(31)27-20)21-6-4-3-5-7-21/h8-9,15,18,20-21H,2-7,10-14,16-17H2,1H3,(H,27,31). The molecule has 0 bridgehead atoms. The largest absolute Gasteiger partial charge is 0.494 e. The Balaban J connectivity index is 1.24. The van der Waals surface area contributed by atoms with Crippen molar-refractivity contribution in [3.05, 3.63) is 28.8 Å². The van der Waals surface area contributed by atoms with Crippen molar-refractivity contribution in [1.82, 2.24) is 15.1 Å². The Morgan fingerprint density at radius 2 is 1.84 bits per heavy atom. The molecule has 1 aromatic rings. The number of likely N-dealkylation sites (tertiary alicyclic amines) is 1. The highest BCUT2D eigenvalue weighted by Crippen LogP contribution is 2.29. The third-order valence-corrected chi connectivity index (χ3v) is 7.57. The number of nitrogens with zero attached hydrogens (tertiary/aromatic N) is 2. The molecule has 2 aliphatic heterocycles. The Morgan fingerprint density at radius 1 is 1.09 bits per heavy atom. The van der Waals surface area contributed by atoms with Gasteiger partial charge in [-0.25, -0.2) is 4.79 Å². The van der Waals surface area contributed by atoms with Gasteiger partial charge in [0, 0.05) is 24.0 Å². The lowest BCUT2D eigenvalue weighted by molar-refractivity contribution is -0.132. The Morgan fingerprint density at radius 3 is 2.53 bits per heavy atom. The van der Waals surface area contributed by atoms with Crippen LogP contribution in [-0.4, -0.2) is 60.1 Å². The molecule has 0 radical (unpaired) electrons. The van der Waals surface area contributed by atoms with E-state index in [1.165, 1.54) is 11.3 Å². The number of carbonyl (C=O) groups excluding carboxylic acids is 2. The maximum atomic E-state index is 12.7. The minimum Gasteiger partial charge on any atom is -0.494 e. The van der Waals surface area contributed by atoms with Crippen molar-refractivity contribution < 1.29 is 14.3 Å². The molecule has 0 aromatic heterocycles. The zero-order valence-electron chi connectivity index (χ0n) is 19.2. The smallest absolute Gasteiger partial charge is 0.324 e. The van der Waals surface area contributed by atoms with E-state index in [1.807, 2.05) is 19.1 Å². The number of halogens is 1. The number of rotatable bonds is 7. The lowest BCUT2D eigenvalue weighted by Gasteiger charge is -2.40. The van der Waals surface area contributed by atoms with Crippen LogP contribution >= 0.6 is 11.6 Å². The number of piperidine rings is 1. The van der Waals surface area contributed by atoms with E-state index in [1.54, 1.807) is 0 Å². The summed E-state index contributed by atoms with van der Waals surface area (Å²) in [6, 6.07) is 5.75. The van der Waals surface area contributed by atoms with E-state index in [0.717, 1.165) is 80.9 Å². The molecule has 0 spiro atoms. The minimum atomic E-state index is -0.183. The molecule has 3 fully saturated rings. The molecule has 176 valence electrons. The molecule has 7 heteroatoms. The van der Waals surface area contributed by atoms with E-state index in [-0.39, 0.29) is 24.0 Å². The van der Waals surface area contributed by atoms with Crippen LogP contribution in [0.25, 0.3) is 0 Å². The fraction of sp³-hybridized carbons (Fsp3) is 0.680. The van der Waals surface area contributed by atoms with E-state index in [2.05, 4.69) is 16.3 Å². The summed E-state index contributed by atoms with van der Waals surface area (Å²) in [6.07, 6.45) is 8.91. The van der Waals surface area contributed by atoms with Crippen molar-refractivity contribution in [2.75, 3.05) is 26.2 Å². The van der Waals surface area contributed by atoms with Crippen LogP contribution in [0.1, 0.15) is 63.9 Å². The molecule has 2 saturated heterocycles. The van der Waals surface area contributed by atoms with E-state index in [0.29, 0.717) is 18.9 Å². The molecule has 1 unspecified atom stereocenters. The number of urea groups is 1. The predicted molar refractivity (Wildman–Crippen MR) is 126 cm³/mol. The normalized spacial score (nSPS) is 23.9. The van der Waals surface area contributed by atoms with Gasteiger partial charge in [0.2, 0.25) is 5.91 Å². The number of nitrogens with one attached hydrogen (secondary N) is 1. The molecular weight excluding hydrogens is 426 g/mol. The number of imide groups is 1. The van der Waals surface area contributed by atoms with Gasteiger partial charge in [-0.2, -0.15) is 0 Å². The van der Waals surface area contributed by atoms with Gasteiger partial charge in [0.1, 0.15) is 5.75 Å². The third kappa shape index (κ3) is 5.76. The summed E-state index contributed by atoms with van der Waals surface area (Å²) in [6.45, 7) is 5.36. The highest BCUT2D eigenvalue weighted by molar-refractivity contribution is 6.31. The Labute approximate surface area is 196 Å². The first-order valence-electron chi connectivity index (χ1n) is 12.3. The fourth-order valence-corrected chi connectivity index (χ4v) is 5.69. The van der Waals surface area contributed by atoms with Crippen LogP contribution in [0.2, 0.25) is 5.02 Å². The predicted octanol–water partition coefficient (Wildman–Crippen LogP) is 4.64. The number of hydrogen-bond donors (Lipinski definition) is 1. The summed E-state index contributed by atoms with van der Waals surface area (Å²) >= 11 is 6.43. The molecular formula is C25H36ClN3O3. The van der Waals surface area contributed by atoms with Crippen LogP contribution in [0, 0.1) is 5.92 Å². The SMILES string of the molecule is CCOc1ccc(Cl)c(CC2CCN(CC3CC(=O)N(C4CCCCC4)C(=O)N3)CC2)c1. The molecule has 1 aliphatic carbocycles. The highest BCUT2D eigenvalue weighted by Gasteiger charge is 2.37. The van der Waals surface area contributed by atoms with E-state index in [9.17, 15) is 9.59 Å². The Kier molecular flexibility index (Phi) is 7.95. The quantitative estimate of drug-likeness (QED) is 0.642. The van der Waals surface area contributed by atoms with Crippen molar-refractivity contribution in [3.63, 3.8) is 0 Å². The summed E-state index contributed by atoms with van der Waals surface area (Å²) in [5.41, 5.74) is 1.16. The van der Waals surface area contributed by atoms with Gasteiger partial charge in [-0.15, -0.1) is 0 Å². The highest BCUT2D eigenvalue weighted by atomic mass is 35.5. The molecule has 32 heavy (non-hydrogen) atoms. The van der Waals surface area contributed by atoms with Gasteiger partial charge in [-0.05, 0) is 81.8 Å². The van der Waals surface area contributed by atoms with Gasteiger partial charge in [0.15, 0.2) is 0 Å². The van der Waals surface area contributed by atoms with Crippen LogP contribution in [0.4, 0.5) is 4.79 Å². The summed E-state index contributed by atoms with van der Waals surface area (Å²) in [4.78, 5) is 29.3. The summed E-state index contributed by atoms with van der Waals surface area (Å²) in [7, 11) is 0. The number of hydrogen-bond acceptors (Lipinski definition) is 4.